The van der Waals surface area contributed by atoms with Crippen LogP contribution in [0.25, 0.3) is 0 Å². The van der Waals surface area contributed by atoms with Crippen LogP contribution in [-0.4, -0.2) is 10.1 Å². The molecule has 1 heterocycles. The zero-order valence-corrected chi connectivity index (χ0v) is 13.7. The predicted octanol–water partition coefficient (Wildman–Crippen LogP) is 4.47. The fourth-order valence-electron chi connectivity index (χ4n) is 1.67. The van der Waals surface area contributed by atoms with Crippen molar-refractivity contribution in [2.24, 2.45) is 0 Å². The lowest BCUT2D eigenvalue weighted by Crippen LogP contribution is -2.05. The van der Waals surface area contributed by atoms with Gasteiger partial charge in [-0.2, -0.15) is 10.2 Å². The molecule has 0 aliphatic rings. The highest BCUT2D eigenvalue weighted by molar-refractivity contribution is 9.10. The smallest absolute Gasteiger partial charge is 0.226 e. The van der Waals surface area contributed by atoms with Crippen molar-refractivity contribution in [3.8, 4) is 11.8 Å². The van der Waals surface area contributed by atoms with E-state index in [1.807, 2.05) is 13.0 Å². The Labute approximate surface area is 136 Å². The number of aryl methyl sites for hydroxylation is 1. The third kappa shape index (κ3) is 4.45. The first kappa shape index (κ1) is 15.8. The van der Waals surface area contributed by atoms with Crippen LogP contribution in [-0.2, 0) is 6.42 Å². The SMILES string of the molecule is CC(Oc1ccc(Br)cc1Cl)c1noc(CCCC#N)n1. The molecule has 21 heavy (non-hydrogen) atoms. The molecule has 1 aromatic heterocycles. The number of hydrogen-bond donors (Lipinski definition) is 0. The van der Waals surface area contributed by atoms with E-state index in [4.69, 9.17) is 26.1 Å². The van der Waals surface area contributed by atoms with Crippen molar-refractivity contribution in [2.75, 3.05) is 0 Å². The van der Waals surface area contributed by atoms with E-state index >= 15 is 0 Å². The number of unbranched alkanes of at least 4 members (excludes halogenated alkanes) is 1. The zero-order chi connectivity index (χ0) is 15.2. The first-order valence-corrected chi connectivity index (χ1v) is 7.58. The van der Waals surface area contributed by atoms with Crippen LogP contribution in [0.15, 0.2) is 27.2 Å². The maximum atomic E-state index is 8.49. The van der Waals surface area contributed by atoms with Crippen molar-refractivity contribution >= 4 is 27.5 Å². The molecular weight excluding hydrogens is 358 g/mol. The molecule has 0 N–H and O–H groups in total. The Balaban J connectivity index is 2.00. The molecule has 0 radical (unpaired) electrons. The van der Waals surface area contributed by atoms with Gasteiger partial charge in [0.15, 0.2) is 6.10 Å². The van der Waals surface area contributed by atoms with Crippen LogP contribution in [0, 0.1) is 11.3 Å². The molecular formula is C14H13BrClN3O2. The van der Waals surface area contributed by atoms with Gasteiger partial charge in [-0.05, 0) is 31.5 Å². The second-order valence-electron chi connectivity index (χ2n) is 4.39. The number of benzene rings is 1. The van der Waals surface area contributed by atoms with Crippen LogP contribution in [0.5, 0.6) is 5.75 Å². The van der Waals surface area contributed by atoms with Gasteiger partial charge in [-0.15, -0.1) is 0 Å². The highest BCUT2D eigenvalue weighted by Gasteiger charge is 2.16. The number of hydrogen-bond acceptors (Lipinski definition) is 5. The molecule has 5 nitrogen and oxygen atoms in total. The van der Waals surface area contributed by atoms with E-state index < -0.39 is 0 Å². The molecule has 0 saturated heterocycles. The van der Waals surface area contributed by atoms with E-state index in [0.29, 0.717) is 41.7 Å². The third-order valence-electron chi connectivity index (χ3n) is 2.72. The van der Waals surface area contributed by atoms with Gasteiger partial charge in [-0.1, -0.05) is 32.7 Å². The van der Waals surface area contributed by atoms with Crippen molar-refractivity contribution < 1.29 is 9.26 Å². The standard InChI is InChI=1S/C14H13BrClN3O2/c1-9(20-12-6-5-10(15)8-11(12)16)14-18-13(21-19-14)4-2-3-7-17/h5-6,8-9H,2-4H2,1H3. The normalized spacial score (nSPS) is 11.9. The molecule has 1 aromatic carbocycles. The third-order valence-corrected chi connectivity index (χ3v) is 3.51. The highest BCUT2D eigenvalue weighted by Crippen LogP contribution is 2.30. The number of nitrogens with zero attached hydrogens (tertiary/aromatic N) is 3. The lowest BCUT2D eigenvalue weighted by atomic mass is 10.2. The largest absolute Gasteiger partial charge is 0.481 e. The van der Waals surface area contributed by atoms with E-state index in [9.17, 15) is 0 Å². The first-order valence-electron chi connectivity index (χ1n) is 6.41. The second-order valence-corrected chi connectivity index (χ2v) is 5.72. The van der Waals surface area contributed by atoms with Crippen LogP contribution >= 0.6 is 27.5 Å². The van der Waals surface area contributed by atoms with Gasteiger partial charge in [-0.25, -0.2) is 0 Å². The summed E-state index contributed by atoms with van der Waals surface area (Å²) >= 11 is 9.44. The molecule has 0 bridgehead atoms. The molecule has 0 aliphatic carbocycles. The maximum absolute atomic E-state index is 8.49. The lowest BCUT2D eigenvalue weighted by Gasteiger charge is -2.12. The minimum atomic E-state index is -0.378. The Bertz CT molecular complexity index is 654. The summed E-state index contributed by atoms with van der Waals surface area (Å²) in [5, 5.41) is 12.9. The topological polar surface area (TPSA) is 71.9 Å². The summed E-state index contributed by atoms with van der Waals surface area (Å²) in [5.41, 5.74) is 0. The van der Waals surface area contributed by atoms with Gasteiger partial charge >= 0.3 is 0 Å². The average Bonchev–Trinajstić information content (AvgIpc) is 2.91. The van der Waals surface area contributed by atoms with Gasteiger partial charge in [0, 0.05) is 17.3 Å². The van der Waals surface area contributed by atoms with Gasteiger partial charge in [0.05, 0.1) is 11.1 Å². The van der Waals surface area contributed by atoms with Gasteiger partial charge < -0.3 is 9.26 Å². The average molecular weight is 371 g/mol. The summed E-state index contributed by atoms with van der Waals surface area (Å²) in [6.07, 6.45) is 1.38. The monoisotopic (exact) mass is 369 g/mol. The number of rotatable bonds is 6. The van der Waals surface area contributed by atoms with Crippen LogP contribution in [0.2, 0.25) is 5.02 Å². The molecule has 0 aliphatic heterocycles. The highest BCUT2D eigenvalue weighted by atomic mass is 79.9. The molecule has 1 unspecified atom stereocenters. The molecule has 0 spiro atoms. The summed E-state index contributed by atoms with van der Waals surface area (Å²) in [5.74, 6) is 1.53. The Kier molecular flexibility index (Phi) is 5.59. The van der Waals surface area contributed by atoms with Crippen molar-refractivity contribution in [3.05, 3.63) is 39.4 Å². The molecule has 2 aromatic rings. The Hall–Kier alpha value is -1.58. The summed E-state index contributed by atoms with van der Waals surface area (Å²) in [7, 11) is 0. The van der Waals surface area contributed by atoms with Gasteiger partial charge in [-0.3, -0.25) is 0 Å². The fourth-order valence-corrected chi connectivity index (χ4v) is 2.39. The summed E-state index contributed by atoms with van der Waals surface area (Å²) in [6.45, 7) is 1.82. The van der Waals surface area contributed by atoms with Gasteiger partial charge in [0.1, 0.15) is 5.75 Å². The Morgan fingerprint density at radius 3 is 3.05 bits per heavy atom. The van der Waals surface area contributed by atoms with E-state index in [0.717, 1.165) is 4.47 Å². The zero-order valence-electron chi connectivity index (χ0n) is 11.3. The van der Waals surface area contributed by atoms with Crippen LogP contribution in [0.4, 0.5) is 0 Å². The quantitative estimate of drug-likeness (QED) is 0.701. The minimum Gasteiger partial charge on any atom is -0.481 e. The van der Waals surface area contributed by atoms with E-state index in [1.54, 1.807) is 12.1 Å². The second kappa shape index (κ2) is 7.43. The summed E-state index contributed by atoms with van der Waals surface area (Å²) in [6, 6.07) is 7.45. The van der Waals surface area contributed by atoms with E-state index in [-0.39, 0.29) is 6.10 Å². The molecule has 110 valence electrons. The lowest BCUT2D eigenvalue weighted by molar-refractivity contribution is 0.210. The minimum absolute atomic E-state index is 0.378. The van der Waals surface area contributed by atoms with Crippen molar-refractivity contribution in [1.29, 1.82) is 5.26 Å². The number of aromatic nitrogens is 2. The molecule has 2 rings (SSSR count). The molecule has 0 fully saturated rings. The van der Waals surface area contributed by atoms with Crippen LogP contribution in [0.3, 0.4) is 0 Å². The van der Waals surface area contributed by atoms with E-state index in [2.05, 4.69) is 32.1 Å². The molecule has 1 atom stereocenters. The number of nitriles is 1. The van der Waals surface area contributed by atoms with Crippen molar-refractivity contribution in [2.45, 2.75) is 32.3 Å². The first-order chi connectivity index (χ1) is 10.1. The van der Waals surface area contributed by atoms with Gasteiger partial charge in [0.2, 0.25) is 11.7 Å². The summed E-state index contributed by atoms with van der Waals surface area (Å²) in [4.78, 5) is 4.26. The molecule has 7 heteroatoms. The fraction of sp³-hybridized carbons (Fsp3) is 0.357. The van der Waals surface area contributed by atoms with Gasteiger partial charge in [0.25, 0.3) is 0 Å². The van der Waals surface area contributed by atoms with E-state index in [1.165, 1.54) is 0 Å². The summed E-state index contributed by atoms with van der Waals surface area (Å²) < 4.78 is 11.7. The van der Waals surface area contributed by atoms with Crippen molar-refractivity contribution in [3.63, 3.8) is 0 Å². The Morgan fingerprint density at radius 1 is 1.52 bits per heavy atom. The molecule has 0 amide bonds. The van der Waals surface area contributed by atoms with Crippen LogP contribution < -0.4 is 4.74 Å². The Morgan fingerprint density at radius 2 is 2.33 bits per heavy atom. The predicted molar refractivity (Wildman–Crippen MR) is 81.0 cm³/mol. The molecule has 0 saturated carbocycles. The maximum Gasteiger partial charge on any atom is 0.226 e. The number of halogens is 2. The number of ether oxygens (including phenoxy) is 1. The van der Waals surface area contributed by atoms with Crippen molar-refractivity contribution in [1.82, 2.24) is 10.1 Å². The van der Waals surface area contributed by atoms with Crippen LogP contribution in [0.1, 0.15) is 37.6 Å².